The number of rotatable bonds is 4. The first-order valence-electron chi connectivity index (χ1n) is 7.19. The maximum absolute atomic E-state index is 12.4. The Morgan fingerprint density at radius 3 is 2.65 bits per heavy atom. The molecular weight excluding hydrogens is 376 g/mol. The number of non-ortho nitro benzene ring substituents is 1. The summed E-state index contributed by atoms with van der Waals surface area (Å²) in [6, 6.07) is 12.6. The molecule has 26 heavy (non-hydrogen) atoms. The molecule has 0 bridgehead atoms. The van der Waals surface area contributed by atoms with Gasteiger partial charge >= 0.3 is 0 Å². The monoisotopic (exact) mass is 384 g/mol. The number of nitrogens with one attached hydrogen (secondary N) is 1. The Morgan fingerprint density at radius 2 is 2.00 bits per heavy atom. The molecule has 0 radical (unpaired) electrons. The zero-order valence-corrected chi connectivity index (χ0v) is 14.5. The van der Waals surface area contributed by atoms with Crippen LogP contribution in [0.15, 0.2) is 47.8 Å². The Kier molecular flexibility index (Phi) is 4.93. The van der Waals surface area contributed by atoms with Crippen LogP contribution in [0.2, 0.25) is 5.02 Å². The van der Waals surface area contributed by atoms with Gasteiger partial charge in [0.05, 0.1) is 32.8 Å². The standard InChI is InChI=1S/C17H9ClN4O3S/c18-14-6-5-12(22(24)25)7-13(14)16(23)21-17-20-15(9-26-17)11-3-1-10(8-19)2-4-11/h1-7,9H,(H,20,21,23). The summed E-state index contributed by atoms with van der Waals surface area (Å²) in [6.45, 7) is 0. The molecule has 1 heterocycles. The average Bonchev–Trinajstić information content (AvgIpc) is 3.10. The second-order valence-electron chi connectivity index (χ2n) is 5.10. The van der Waals surface area contributed by atoms with Crippen molar-refractivity contribution in [1.82, 2.24) is 4.98 Å². The molecule has 9 heteroatoms. The van der Waals surface area contributed by atoms with Crippen LogP contribution in [0.3, 0.4) is 0 Å². The summed E-state index contributed by atoms with van der Waals surface area (Å²) in [5, 5.41) is 24.5. The maximum Gasteiger partial charge on any atom is 0.270 e. The Bertz CT molecular complexity index is 1040. The van der Waals surface area contributed by atoms with Gasteiger partial charge in [-0.05, 0) is 18.2 Å². The van der Waals surface area contributed by atoms with E-state index in [-0.39, 0.29) is 16.3 Å². The summed E-state index contributed by atoms with van der Waals surface area (Å²) >= 11 is 7.17. The summed E-state index contributed by atoms with van der Waals surface area (Å²) in [5.41, 5.74) is 1.75. The van der Waals surface area contributed by atoms with Gasteiger partial charge in [-0.25, -0.2) is 4.98 Å². The number of nitro groups is 1. The molecule has 2 aromatic carbocycles. The van der Waals surface area contributed by atoms with Crippen LogP contribution >= 0.6 is 22.9 Å². The molecule has 0 aliphatic heterocycles. The smallest absolute Gasteiger partial charge is 0.270 e. The lowest BCUT2D eigenvalue weighted by molar-refractivity contribution is -0.384. The van der Waals surface area contributed by atoms with E-state index in [1.165, 1.54) is 23.5 Å². The number of carbonyl (C=O) groups excluding carboxylic acids is 1. The van der Waals surface area contributed by atoms with Gasteiger partial charge in [0.1, 0.15) is 0 Å². The fourth-order valence-corrected chi connectivity index (χ4v) is 3.06. The number of hydrogen-bond donors (Lipinski definition) is 1. The van der Waals surface area contributed by atoms with E-state index in [2.05, 4.69) is 10.3 Å². The molecule has 1 aromatic heterocycles. The van der Waals surface area contributed by atoms with Crippen molar-refractivity contribution in [2.24, 2.45) is 0 Å². The number of halogens is 1. The van der Waals surface area contributed by atoms with E-state index >= 15 is 0 Å². The minimum atomic E-state index is -0.598. The quantitative estimate of drug-likeness (QED) is 0.526. The van der Waals surface area contributed by atoms with Crippen LogP contribution in [0.25, 0.3) is 11.3 Å². The zero-order valence-electron chi connectivity index (χ0n) is 13.0. The van der Waals surface area contributed by atoms with Crippen molar-refractivity contribution in [2.45, 2.75) is 0 Å². The fourth-order valence-electron chi connectivity index (χ4n) is 2.14. The van der Waals surface area contributed by atoms with Crippen LogP contribution in [0, 0.1) is 21.4 Å². The molecule has 128 valence electrons. The Labute approximate surface area is 156 Å². The van der Waals surface area contributed by atoms with Crippen molar-refractivity contribution >= 4 is 39.7 Å². The lowest BCUT2D eigenvalue weighted by Crippen LogP contribution is -2.12. The number of nitro benzene ring substituents is 1. The summed E-state index contributed by atoms with van der Waals surface area (Å²) in [7, 11) is 0. The van der Waals surface area contributed by atoms with Crippen molar-refractivity contribution in [1.29, 1.82) is 5.26 Å². The van der Waals surface area contributed by atoms with Gasteiger partial charge in [0.2, 0.25) is 0 Å². The van der Waals surface area contributed by atoms with E-state index in [9.17, 15) is 14.9 Å². The van der Waals surface area contributed by atoms with Gasteiger partial charge in [-0.1, -0.05) is 23.7 Å². The first-order valence-corrected chi connectivity index (χ1v) is 8.45. The molecule has 3 rings (SSSR count). The highest BCUT2D eigenvalue weighted by Gasteiger charge is 2.17. The topological polar surface area (TPSA) is 109 Å². The van der Waals surface area contributed by atoms with Gasteiger partial charge < -0.3 is 0 Å². The van der Waals surface area contributed by atoms with Crippen LogP contribution in [-0.2, 0) is 0 Å². The SMILES string of the molecule is N#Cc1ccc(-c2csc(NC(=O)c3cc([N+](=O)[O-])ccc3Cl)n2)cc1. The Morgan fingerprint density at radius 1 is 1.27 bits per heavy atom. The van der Waals surface area contributed by atoms with Gasteiger partial charge in [-0.2, -0.15) is 5.26 Å². The highest BCUT2D eigenvalue weighted by molar-refractivity contribution is 7.14. The van der Waals surface area contributed by atoms with E-state index in [0.29, 0.717) is 16.4 Å². The largest absolute Gasteiger partial charge is 0.298 e. The predicted octanol–water partition coefficient (Wildman–Crippen LogP) is 4.50. The van der Waals surface area contributed by atoms with E-state index in [1.54, 1.807) is 29.6 Å². The molecule has 0 fully saturated rings. The minimum absolute atomic E-state index is 0.00371. The Balaban J connectivity index is 1.81. The van der Waals surface area contributed by atoms with E-state index in [4.69, 9.17) is 16.9 Å². The molecule has 0 saturated heterocycles. The van der Waals surface area contributed by atoms with E-state index in [0.717, 1.165) is 11.6 Å². The van der Waals surface area contributed by atoms with Gasteiger partial charge in [0.15, 0.2) is 5.13 Å². The number of carbonyl (C=O) groups is 1. The van der Waals surface area contributed by atoms with Crippen LogP contribution in [0.4, 0.5) is 10.8 Å². The van der Waals surface area contributed by atoms with Crippen molar-refractivity contribution < 1.29 is 9.72 Å². The molecule has 0 spiro atoms. The normalized spacial score (nSPS) is 10.2. The fraction of sp³-hybridized carbons (Fsp3) is 0. The lowest BCUT2D eigenvalue weighted by Gasteiger charge is -2.04. The van der Waals surface area contributed by atoms with Crippen LogP contribution in [0.1, 0.15) is 15.9 Å². The third kappa shape index (κ3) is 3.69. The number of nitrogens with zero attached hydrogens (tertiary/aromatic N) is 3. The maximum atomic E-state index is 12.4. The second kappa shape index (κ2) is 7.31. The first-order chi connectivity index (χ1) is 12.5. The van der Waals surface area contributed by atoms with Crippen molar-refractivity contribution in [3.63, 3.8) is 0 Å². The number of anilines is 1. The molecule has 0 atom stereocenters. The number of thiazole rings is 1. The third-order valence-electron chi connectivity index (χ3n) is 3.44. The van der Waals surface area contributed by atoms with Crippen LogP contribution in [-0.4, -0.2) is 15.8 Å². The summed E-state index contributed by atoms with van der Waals surface area (Å²) in [6.07, 6.45) is 0. The first kappa shape index (κ1) is 17.5. The summed E-state index contributed by atoms with van der Waals surface area (Å²) in [5.74, 6) is -0.584. The molecule has 0 saturated carbocycles. The lowest BCUT2D eigenvalue weighted by atomic mass is 10.1. The van der Waals surface area contributed by atoms with Crippen LogP contribution in [0.5, 0.6) is 0 Å². The molecule has 0 aliphatic carbocycles. The minimum Gasteiger partial charge on any atom is -0.298 e. The number of benzene rings is 2. The number of nitriles is 1. The molecular formula is C17H9ClN4O3S. The number of amides is 1. The Hall–Kier alpha value is -3.28. The molecule has 1 N–H and O–H groups in total. The average molecular weight is 385 g/mol. The molecule has 0 aliphatic rings. The second-order valence-corrected chi connectivity index (χ2v) is 6.37. The van der Waals surface area contributed by atoms with Crippen LogP contribution < -0.4 is 5.32 Å². The van der Waals surface area contributed by atoms with E-state index in [1.807, 2.05) is 6.07 Å². The zero-order chi connectivity index (χ0) is 18.7. The van der Waals surface area contributed by atoms with E-state index < -0.39 is 10.8 Å². The highest BCUT2D eigenvalue weighted by Crippen LogP contribution is 2.27. The van der Waals surface area contributed by atoms with Crippen molar-refractivity contribution in [2.75, 3.05) is 5.32 Å². The summed E-state index contributed by atoms with van der Waals surface area (Å²) < 4.78 is 0. The highest BCUT2D eigenvalue weighted by atomic mass is 35.5. The molecule has 0 unspecified atom stereocenters. The predicted molar refractivity (Wildman–Crippen MR) is 98.3 cm³/mol. The van der Waals surface area contributed by atoms with Gasteiger partial charge in [-0.15, -0.1) is 11.3 Å². The van der Waals surface area contributed by atoms with Gasteiger partial charge in [0, 0.05) is 23.1 Å². The summed E-state index contributed by atoms with van der Waals surface area (Å²) in [4.78, 5) is 26.9. The molecule has 1 amide bonds. The van der Waals surface area contributed by atoms with Gasteiger partial charge in [0.25, 0.3) is 11.6 Å². The van der Waals surface area contributed by atoms with Gasteiger partial charge in [-0.3, -0.25) is 20.2 Å². The molecule has 7 nitrogen and oxygen atoms in total. The molecule has 3 aromatic rings. The third-order valence-corrected chi connectivity index (χ3v) is 4.53. The van der Waals surface area contributed by atoms with Crippen molar-refractivity contribution in [3.8, 4) is 17.3 Å². The number of hydrogen-bond acceptors (Lipinski definition) is 6. The number of aromatic nitrogens is 1. The van der Waals surface area contributed by atoms with Crippen molar-refractivity contribution in [3.05, 3.63) is 74.1 Å².